The van der Waals surface area contributed by atoms with Crippen molar-refractivity contribution in [1.29, 1.82) is 0 Å². The maximum Gasteiger partial charge on any atom is 0.161 e. The molecule has 2 aromatic rings. The molecule has 4 heteroatoms. The zero-order chi connectivity index (χ0) is 12.4. The predicted molar refractivity (Wildman–Crippen MR) is 63.7 cm³/mol. The molecule has 90 valence electrons. The molecule has 1 aromatic heterocycles. The number of hydrogen-bond donors (Lipinski definition) is 0. The normalized spacial score (nSPS) is 10.5. The van der Waals surface area contributed by atoms with Crippen LogP contribution in [-0.2, 0) is 11.2 Å². The van der Waals surface area contributed by atoms with Crippen molar-refractivity contribution < 1.29 is 18.7 Å². The van der Waals surface area contributed by atoms with Gasteiger partial charge in [0.25, 0.3) is 0 Å². The third kappa shape index (κ3) is 2.11. The van der Waals surface area contributed by atoms with Gasteiger partial charge in [0.15, 0.2) is 11.5 Å². The number of hydrogen-bond acceptors (Lipinski definition) is 4. The van der Waals surface area contributed by atoms with Gasteiger partial charge < -0.3 is 13.9 Å². The summed E-state index contributed by atoms with van der Waals surface area (Å²) in [5, 5.41) is 1.79. The van der Waals surface area contributed by atoms with Crippen LogP contribution in [0.15, 0.2) is 22.8 Å². The maximum atomic E-state index is 11.1. The lowest BCUT2D eigenvalue weighted by Crippen LogP contribution is -1.95. The molecule has 4 nitrogen and oxygen atoms in total. The van der Waals surface area contributed by atoms with Gasteiger partial charge in [0.1, 0.15) is 11.5 Å². The van der Waals surface area contributed by atoms with Gasteiger partial charge in [-0.05, 0) is 19.1 Å². The average molecular weight is 234 g/mol. The summed E-state index contributed by atoms with van der Waals surface area (Å²) in [5.41, 5.74) is 0. The molecule has 0 bridgehead atoms. The van der Waals surface area contributed by atoms with Crippen molar-refractivity contribution in [1.82, 2.24) is 0 Å². The summed E-state index contributed by atoms with van der Waals surface area (Å²) in [4.78, 5) is 11.1. The van der Waals surface area contributed by atoms with Crippen molar-refractivity contribution in [3.8, 4) is 11.5 Å². The lowest BCUT2D eigenvalue weighted by molar-refractivity contribution is -0.116. The average Bonchev–Trinajstić information content (AvgIpc) is 2.69. The third-order valence-electron chi connectivity index (χ3n) is 2.59. The van der Waals surface area contributed by atoms with E-state index in [2.05, 4.69) is 0 Å². The largest absolute Gasteiger partial charge is 0.493 e. The first-order valence-electron chi connectivity index (χ1n) is 5.27. The highest BCUT2D eigenvalue weighted by atomic mass is 16.5. The molecule has 0 unspecified atom stereocenters. The number of carbonyl (C=O) groups excluding carboxylic acids is 1. The van der Waals surface area contributed by atoms with Gasteiger partial charge in [0, 0.05) is 10.8 Å². The molecule has 0 N–H and O–H groups in total. The van der Waals surface area contributed by atoms with Gasteiger partial charge in [-0.25, -0.2) is 0 Å². The van der Waals surface area contributed by atoms with E-state index in [1.54, 1.807) is 20.5 Å². The molecule has 17 heavy (non-hydrogen) atoms. The van der Waals surface area contributed by atoms with E-state index in [0.29, 0.717) is 23.7 Å². The summed E-state index contributed by atoms with van der Waals surface area (Å²) in [5.74, 6) is 2.01. The van der Waals surface area contributed by atoms with E-state index >= 15 is 0 Å². The molecular formula is C13H14O4. The Labute approximate surface area is 99.1 Å². The second-order valence-electron chi connectivity index (χ2n) is 3.83. The van der Waals surface area contributed by atoms with Crippen molar-refractivity contribution in [3.05, 3.63) is 24.2 Å². The molecule has 0 aliphatic heterocycles. The molecule has 0 fully saturated rings. The SMILES string of the molecule is COc1cc2coc(CC(C)=O)c2cc1OC. The van der Waals surface area contributed by atoms with Crippen LogP contribution in [0.4, 0.5) is 0 Å². The Morgan fingerprint density at radius 3 is 2.47 bits per heavy atom. The monoisotopic (exact) mass is 234 g/mol. The number of furan rings is 1. The number of fused-ring (bicyclic) bond motifs is 1. The van der Waals surface area contributed by atoms with Gasteiger partial charge in [0.05, 0.1) is 26.9 Å². The first kappa shape index (κ1) is 11.5. The second kappa shape index (κ2) is 4.49. The van der Waals surface area contributed by atoms with Crippen molar-refractivity contribution in [2.45, 2.75) is 13.3 Å². The minimum absolute atomic E-state index is 0.0658. The summed E-state index contributed by atoms with van der Waals surface area (Å²) < 4.78 is 15.8. The zero-order valence-electron chi connectivity index (χ0n) is 10.1. The number of rotatable bonds is 4. The number of Topliss-reactive ketones (excluding diaryl/α,β-unsaturated/α-hetero) is 1. The first-order valence-corrected chi connectivity index (χ1v) is 5.27. The van der Waals surface area contributed by atoms with Gasteiger partial charge in [-0.1, -0.05) is 0 Å². The number of benzene rings is 1. The van der Waals surface area contributed by atoms with Crippen LogP contribution in [0.2, 0.25) is 0 Å². The number of carbonyl (C=O) groups is 1. The first-order chi connectivity index (χ1) is 8.15. The maximum absolute atomic E-state index is 11.1. The Morgan fingerprint density at radius 1 is 1.24 bits per heavy atom. The van der Waals surface area contributed by atoms with Crippen LogP contribution < -0.4 is 9.47 Å². The quantitative estimate of drug-likeness (QED) is 0.815. The fourth-order valence-corrected chi connectivity index (χ4v) is 1.79. The Balaban J connectivity index is 2.56. The molecule has 0 saturated carbocycles. The van der Waals surface area contributed by atoms with Gasteiger partial charge in [-0.2, -0.15) is 0 Å². The van der Waals surface area contributed by atoms with Gasteiger partial charge in [0.2, 0.25) is 0 Å². The van der Waals surface area contributed by atoms with Crippen LogP contribution in [0.25, 0.3) is 10.8 Å². The van der Waals surface area contributed by atoms with Crippen LogP contribution in [-0.4, -0.2) is 20.0 Å². The molecule has 0 spiro atoms. The minimum Gasteiger partial charge on any atom is -0.493 e. The van der Waals surface area contributed by atoms with E-state index in [9.17, 15) is 4.79 Å². The van der Waals surface area contributed by atoms with Crippen LogP contribution in [0.1, 0.15) is 12.7 Å². The smallest absolute Gasteiger partial charge is 0.161 e. The van der Waals surface area contributed by atoms with Crippen LogP contribution in [0.5, 0.6) is 11.5 Å². The minimum atomic E-state index is 0.0658. The fraction of sp³-hybridized carbons (Fsp3) is 0.308. The molecular weight excluding hydrogens is 220 g/mol. The molecule has 0 amide bonds. The molecule has 0 radical (unpaired) electrons. The molecule has 2 rings (SSSR count). The Hall–Kier alpha value is -1.97. The second-order valence-corrected chi connectivity index (χ2v) is 3.83. The topological polar surface area (TPSA) is 48.7 Å². The molecule has 0 saturated heterocycles. The Morgan fingerprint density at radius 2 is 1.88 bits per heavy atom. The summed E-state index contributed by atoms with van der Waals surface area (Å²) in [7, 11) is 3.16. The van der Waals surface area contributed by atoms with Crippen molar-refractivity contribution >= 4 is 16.6 Å². The molecule has 0 aliphatic carbocycles. The van der Waals surface area contributed by atoms with E-state index in [-0.39, 0.29) is 5.78 Å². The zero-order valence-corrected chi connectivity index (χ0v) is 10.1. The third-order valence-corrected chi connectivity index (χ3v) is 2.59. The summed E-state index contributed by atoms with van der Waals surface area (Å²) >= 11 is 0. The Kier molecular flexibility index (Phi) is 3.04. The molecule has 0 atom stereocenters. The Bertz CT molecular complexity index is 554. The van der Waals surface area contributed by atoms with Crippen molar-refractivity contribution in [2.75, 3.05) is 14.2 Å². The van der Waals surface area contributed by atoms with E-state index in [1.165, 1.54) is 6.92 Å². The highest BCUT2D eigenvalue weighted by Crippen LogP contribution is 2.34. The van der Waals surface area contributed by atoms with Gasteiger partial charge >= 0.3 is 0 Å². The fourth-order valence-electron chi connectivity index (χ4n) is 1.79. The molecule has 0 aliphatic rings. The summed E-state index contributed by atoms with van der Waals surface area (Å²) in [6, 6.07) is 3.66. The standard InChI is InChI=1S/C13H14O4/c1-8(14)4-11-10-6-13(16-3)12(15-2)5-9(10)7-17-11/h5-7H,4H2,1-3H3. The summed E-state index contributed by atoms with van der Waals surface area (Å²) in [6.07, 6.45) is 1.91. The van der Waals surface area contributed by atoms with E-state index in [4.69, 9.17) is 13.9 Å². The lowest BCUT2D eigenvalue weighted by Gasteiger charge is -2.07. The van der Waals surface area contributed by atoms with Gasteiger partial charge in [-0.3, -0.25) is 4.79 Å². The lowest BCUT2D eigenvalue weighted by atomic mass is 10.1. The van der Waals surface area contributed by atoms with Crippen molar-refractivity contribution in [3.63, 3.8) is 0 Å². The molecule has 1 heterocycles. The van der Waals surface area contributed by atoms with Crippen LogP contribution in [0.3, 0.4) is 0 Å². The summed E-state index contributed by atoms with van der Waals surface area (Å²) in [6.45, 7) is 1.54. The van der Waals surface area contributed by atoms with Crippen LogP contribution in [0, 0.1) is 0 Å². The van der Waals surface area contributed by atoms with E-state index < -0.39 is 0 Å². The highest BCUT2D eigenvalue weighted by Gasteiger charge is 2.13. The van der Waals surface area contributed by atoms with Crippen molar-refractivity contribution in [2.24, 2.45) is 0 Å². The van der Waals surface area contributed by atoms with Crippen LogP contribution >= 0.6 is 0 Å². The molecule has 1 aromatic carbocycles. The number of ether oxygens (including phenoxy) is 2. The predicted octanol–water partition coefficient (Wildman–Crippen LogP) is 2.58. The van der Waals surface area contributed by atoms with Gasteiger partial charge in [-0.15, -0.1) is 0 Å². The van der Waals surface area contributed by atoms with E-state index in [0.717, 1.165) is 10.8 Å². The number of ketones is 1. The highest BCUT2D eigenvalue weighted by molar-refractivity contribution is 5.91. The number of methoxy groups -OCH3 is 2. The van der Waals surface area contributed by atoms with E-state index in [1.807, 2.05) is 12.1 Å².